The summed E-state index contributed by atoms with van der Waals surface area (Å²) >= 11 is 0. The Morgan fingerprint density at radius 3 is 2.67 bits per heavy atom. The highest BCUT2D eigenvalue weighted by atomic mass is 16.7. The highest BCUT2D eigenvalue weighted by Gasteiger charge is 2.52. The van der Waals surface area contributed by atoms with Gasteiger partial charge in [-0.15, -0.1) is 5.10 Å². The van der Waals surface area contributed by atoms with Crippen molar-refractivity contribution < 1.29 is 24.2 Å². The van der Waals surface area contributed by atoms with E-state index in [1.807, 2.05) is 42.6 Å². The second kappa shape index (κ2) is 11.1. The first-order valence-corrected chi connectivity index (χ1v) is 14.7. The van der Waals surface area contributed by atoms with Crippen LogP contribution in [0.2, 0.25) is 0 Å². The Morgan fingerprint density at radius 1 is 0.976 bits per heavy atom. The molecule has 3 aliphatic rings. The largest absolute Gasteiger partial charge is 0.454 e. The lowest BCUT2D eigenvalue weighted by atomic mass is 9.88. The summed E-state index contributed by atoms with van der Waals surface area (Å²) in [5.41, 5.74) is 4.38. The van der Waals surface area contributed by atoms with Gasteiger partial charge < -0.3 is 19.6 Å². The fraction of sp³-hybridized carbons (Fsp3) is 0.419. The van der Waals surface area contributed by atoms with E-state index in [4.69, 9.17) is 14.6 Å². The smallest absolute Gasteiger partial charge is 0.328 e. The number of unbranched alkanes of at least 4 members (excludes halogenated alkanes) is 5. The number of urea groups is 1. The zero-order chi connectivity index (χ0) is 28.6. The number of ether oxygens (including phenoxy) is 2. The fourth-order valence-electron chi connectivity index (χ4n) is 6.48. The SMILES string of the molecule is O=C1[C@@H]2Cc3c([nH]c4ccccc34)[C@@H](c3ccc4c(c3)OCO4)N2C(=O)N1Cc1cn(CCCCCCCCO)nn1. The number of amides is 3. The first-order valence-electron chi connectivity index (χ1n) is 14.7. The predicted octanol–water partition coefficient (Wildman–Crippen LogP) is 4.30. The third-order valence-corrected chi connectivity index (χ3v) is 8.55. The number of aryl methyl sites for hydroxylation is 1. The van der Waals surface area contributed by atoms with E-state index >= 15 is 0 Å². The number of aliphatic hydroxyl groups excluding tert-OH is 1. The maximum Gasteiger partial charge on any atom is 0.328 e. The summed E-state index contributed by atoms with van der Waals surface area (Å²) in [5.74, 6) is 1.07. The summed E-state index contributed by atoms with van der Waals surface area (Å²) in [6.07, 6.45) is 8.47. The molecule has 0 radical (unpaired) electrons. The van der Waals surface area contributed by atoms with E-state index in [0.717, 1.165) is 72.8 Å². The van der Waals surface area contributed by atoms with Gasteiger partial charge in [-0.3, -0.25) is 19.3 Å². The van der Waals surface area contributed by atoms with Crippen LogP contribution in [0.4, 0.5) is 4.79 Å². The minimum absolute atomic E-state index is 0.0777. The van der Waals surface area contributed by atoms with Crippen LogP contribution in [0.5, 0.6) is 11.5 Å². The average molecular weight is 571 g/mol. The number of carbonyl (C=O) groups is 2. The number of carbonyl (C=O) groups excluding carboxylic acids is 2. The summed E-state index contributed by atoms with van der Waals surface area (Å²) in [6, 6.07) is 12.3. The summed E-state index contributed by atoms with van der Waals surface area (Å²) in [7, 11) is 0. The quantitative estimate of drug-likeness (QED) is 0.203. The van der Waals surface area contributed by atoms with Crippen LogP contribution in [0.25, 0.3) is 10.9 Å². The minimum atomic E-state index is -0.625. The lowest BCUT2D eigenvalue weighted by Crippen LogP contribution is -2.44. The Balaban J connectivity index is 1.12. The number of nitrogens with zero attached hydrogens (tertiary/aromatic N) is 5. The van der Waals surface area contributed by atoms with Gasteiger partial charge in [-0.1, -0.05) is 55.2 Å². The number of hydrogen-bond donors (Lipinski definition) is 2. The van der Waals surface area contributed by atoms with Crippen molar-refractivity contribution in [3.63, 3.8) is 0 Å². The molecule has 1 fully saturated rings. The number of benzene rings is 2. The van der Waals surface area contributed by atoms with Crippen LogP contribution in [0, 0.1) is 0 Å². The highest BCUT2D eigenvalue weighted by molar-refractivity contribution is 6.05. The molecule has 3 aliphatic heterocycles. The van der Waals surface area contributed by atoms with Gasteiger partial charge in [0, 0.05) is 36.2 Å². The normalized spacial score (nSPS) is 19.2. The molecule has 2 aromatic carbocycles. The van der Waals surface area contributed by atoms with Crippen molar-refractivity contribution in [2.24, 2.45) is 0 Å². The van der Waals surface area contributed by atoms with Crippen molar-refractivity contribution in [1.29, 1.82) is 0 Å². The third kappa shape index (κ3) is 4.67. The number of nitrogens with one attached hydrogen (secondary N) is 1. The number of imide groups is 1. The number of fused-ring (bicyclic) bond motifs is 5. The average Bonchev–Trinajstić information content (AvgIpc) is 3.79. The second-order valence-corrected chi connectivity index (χ2v) is 11.2. The van der Waals surface area contributed by atoms with Crippen LogP contribution >= 0.6 is 0 Å². The standard InChI is InChI=1S/C31H34N6O5/c38-14-8-4-2-1-3-7-13-35-17-21(33-34-35)18-36-30(39)25-16-23-22-9-5-6-10-24(22)32-28(23)29(37(25)31(36)40)20-11-12-26-27(15-20)42-19-41-26/h5-6,9-12,15,17,25,29,32,38H,1-4,7-8,13-14,16,18-19H2/t25-,29+/m0/s1. The van der Waals surface area contributed by atoms with Crippen LogP contribution in [0.1, 0.15) is 67.1 Å². The van der Waals surface area contributed by atoms with Crippen LogP contribution in [-0.4, -0.2) is 66.3 Å². The van der Waals surface area contributed by atoms with Crippen molar-refractivity contribution in [3.05, 3.63) is 71.2 Å². The molecule has 0 bridgehead atoms. The van der Waals surface area contributed by atoms with Crippen LogP contribution in [-0.2, 0) is 24.3 Å². The number of aromatic amines is 1. The Hall–Kier alpha value is -4.38. The van der Waals surface area contributed by atoms with E-state index in [-0.39, 0.29) is 31.9 Å². The van der Waals surface area contributed by atoms with Crippen molar-refractivity contribution >= 4 is 22.8 Å². The van der Waals surface area contributed by atoms with Crippen LogP contribution in [0.3, 0.4) is 0 Å². The first-order chi connectivity index (χ1) is 20.6. The molecule has 11 nitrogen and oxygen atoms in total. The predicted molar refractivity (Wildman–Crippen MR) is 153 cm³/mol. The van der Waals surface area contributed by atoms with E-state index in [0.29, 0.717) is 23.6 Å². The van der Waals surface area contributed by atoms with Gasteiger partial charge in [0.1, 0.15) is 17.8 Å². The third-order valence-electron chi connectivity index (χ3n) is 8.55. The van der Waals surface area contributed by atoms with Gasteiger partial charge in [0.2, 0.25) is 6.79 Å². The molecular weight excluding hydrogens is 536 g/mol. The number of hydrogen-bond acceptors (Lipinski definition) is 7. The lowest BCUT2D eigenvalue weighted by molar-refractivity contribution is -0.129. The molecule has 11 heteroatoms. The van der Waals surface area contributed by atoms with E-state index in [1.165, 1.54) is 4.90 Å². The number of para-hydroxylation sites is 1. The van der Waals surface area contributed by atoms with E-state index < -0.39 is 12.1 Å². The van der Waals surface area contributed by atoms with Crippen LogP contribution < -0.4 is 9.47 Å². The topological polar surface area (TPSA) is 126 Å². The lowest BCUT2D eigenvalue weighted by Gasteiger charge is -2.36. The first kappa shape index (κ1) is 26.5. The molecule has 1 saturated heterocycles. The number of aliphatic hydroxyl groups is 1. The molecule has 0 saturated carbocycles. The van der Waals surface area contributed by atoms with E-state index in [1.54, 1.807) is 9.58 Å². The molecule has 3 amide bonds. The summed E-state index contributed by atoms with van der Waals surface area (Å²) in [5, 5.41) is 18.5. The Morgan fingerprint density at radius 2 is 1.79 bits per heavy atom. The molecular formula is C31H34N6O5. The van der Waals surface area contributed by atoms with Gasteiger partial charge in [-0.2, -0.15) is 0 Å². The van der Waals surface area contributed by atoms with Crippen molar-refractivity contribution in [1.82, 2.24) is 29.8 Å². The zero-order valence-electron chi connectivity index (χ0n) is 23.4. The van der Waals surface area contributed by atoms with Gasteiger partial charge in [0.15, 0.2) is 11.5 Å². The Labute approximate surface area is 243 Å². The molecule has 5 heterocycles. The molecule has 218 valence electrons. The fourth-order valence-corrected chi connectivity index (χ4v) is 6.48. The zero-order valence-corrected chi connectivity index (χ0v) is 23.4. The van der Waals surface area contributed by atoms with Gasteiger partial charge in [0.25, 0.3) is 5.91 Å². The molecule has 4 aromatic rings. The molecule has 42 heavy (non-hydrogen) atoms. The molecule has 0 unspecified atom stereocenters. The van der Waals surface area contributed by atoms with E-state index in [9.17, 15) is 9.59 Å². The summed E-state index contributed by atoms with van der Waals surface area (Å²) in [4.78, 5) is 34.4. The van der Waals surface area contributed by atoms with Crippen molar-refractivity contribution in [2.45, 2.75) is 70.1 Å². The minimum Gasteiger partial charge on any atom is -0.454 e. The summed E-state index contributed by atoms with van der Waals surface area (Å²) in [6.45, 7) is 1.22. The second-order valence-electron chi connectivity index (χ2n) is 11.2. The van der Waals surface area contributed by atoms with Crippen LogP contribution in [0.15, 0.2) is 48.7 Å². The highest BCUT2D eigenvalue weighted by Crippen LogP contribution is 2.46. The van der Waals surface area contributed by atoms with Gasteiger partial charge in [-0.25, -0.2) is 4.79 Å². The van der Waals surface area contributed by atoms with Gasteiger partial charge >= 0.3 is 6.03 Å². The van der Waals surface area contributed by atoms with E-state index in [2.05, 4.69) is 21.4 Å². The Bertz CT molecular complexity index is 1630. The number of aromatic nitrogens is 4. The van der Waals surface area contributed by atoms with Crippen molar-refractivity contribution in [2.75, 3.05) is 13.4 Å². The molecule has 7 rings (SSSR count). The monoisotopic (exact) mass is 570 g/mol. The number of H-pyrrole nitrogens is 1. The molecule has 2 atom stereocenters. The maximum absolute atomic E-state index is 14.0. The molecule has 0 spiro atoms. The molecule has 2 aromatic heterocycles. The maximum atomic E-state index is 14.0. The van der Waals surface area contributed by atoms with Gasteiger partial charge in [-0.05, 0) is 42.2 Å². The molecule has 2 N–H and O–H groups in total. The Kier molecular flexibility index (Phi) is 7.02. The number of rotatable bonds is 11. The molecule has 0 aliphatic carbocycles. The summed E-state index contributed by atoms with van der Waals surface area (Å²) < 4.78 is 13.0. The van der Waals surface area contributed by atoms with Crippen molar-refractivity contribution in [3.8, 4) is 11.5 Å². The van der Waals surface area contributed by atoms with Gasteiger partial charge in [0.05, 0.1) is 12.7 Å².